The van der Waals surface area contributed by atoms with E-state index in [2.05, 4.69) is 0 Å². The molecule has 1 aliphatic rings. The number of thioether (sulfide) groups is 1. The van der Waals surface area contributed by atoms with Gasteiger partial charge in [-0.25, -0.2) is 4.79 Å². The monoisotopic (exact) mass is 188 g/mol. The first-order chi connectivity index (χ1) is 5.66. The highest BCUT2D eigenvalue weighted by molar-refractivity contribution is 8.02. The van der Waals surface area contributed by atoms with E-state index in [9.17, 15) is 4.79 Å². The van der Waals surface area contributed by atoms with Crippen molar-refractivity contribution in [3.63, 3.8) is 0 Å². The van der Waals surface area contributed by atoms with E-state index < -0.39 is 0 Å². The Morgan fingerprint density at radius 1 is 1.92 bits per heavy atom. The van der Waals surface area contributed by atoms with E-state index in [-0.39, 0.29) is 11.6 Å². The number of amides is 1. The van der Waals surface area contributed by atoms with Crippen molar-refractivity contribution in [1.29, 1.82) is 0 Å². The van der Waals surface area contributed by atoms with Crippen LogP contribution in [0.4, 0.5) is 4.79 Å². The number of nitrogens with two attached hydrogens (primary N) is 1. The average molecular weight is 188 g/mol. The smallest absolute Gasteiger partial charge is 0.416 e. The number of carbonyl (C=O) groups is 1. The number of ether oxygens (including phenoxy) is 1. The van der Waals surface area contributed by atoms with Gasteiger partial charge in [-0.2, -0.15) is 0 Å². The molecule has 0 aliphatic carbocycles. The molecule has 68 valence electrons. The topological polar surface area (TPSA) is 55.6 Å². The molecule has 1 heterocycles. The summed E-state index contributed by atoms with van der Waals surface area (Å²) >= 11 is 1.41. The van der Waals surface area contributed by atoms with Crippen molar-refractivity contribution in [3.05, 3.63) is 11.1 Å². The number of hydrogen-bond donors (Lipinski definition) is 1. The molecule has 1 amide bonds. The van der Waals surface area contributed by atoms with Gasteiger partial charge in [0.15, 0.2) is 0 Å². The summed E-state index contributed by atoms with van der Waals surface area (Å²) in [5, 5.41) is 1.85. The highest BCUT2D eigenvalue weighted by atomic mass is 32.2. The third kappa shape index (κ3) is 1.73. The largest absolute Gasteiger partial charge is 0.449 e. The number of nitrogens with zero attached hydrogens (tertiary/aromatic N) is 1. The third-order valence-corrected chi connectivity index (χ3v) is 2.44. The molecule has 2 N–H and O–H groups in total. The molecule has 0 radical (unpaired) electrons. The maximum absolute atomic E-state index is 11.2. The van der Waals surface area contributed by atoms with Crippen LogP contribution in [0.25, 0.3) is 0 Å². The SMILES string of the molecule is CCOC(=O)N1C(C)=CSC1N. The van der Waals surface area contributed by atoms with Crippen LogP contribution in [-0.4, -0.2) is 23.1 Å². The molecule has 4 nitrogen and oxygen atoms in total. The summed E-state index contributed by atoms with van der Waals surface area (Å²) in [6.45, 7) is 3.97. The highest BCUT2D eigenvalue weighted by Crippen LogP contribution is 2.27. The van der Waals surface area contributed by atoms with Crippen molar-refractivity contribution < 1.29 is 9.53 Å². The molecule has 0 saturated carbocycles. The lowest BCUT2D eigenvalue weighted by molar-refractivity contribution is 0.117. The van der Waals surface area contributed by atoms with Crippen LogP contribution in [0.5, 0.6) is 0 Å². The third-order valence-electron chi connectivity index (χ3n) is 1.48. The van der Waals surface area contributed by atoms with E-state index in [4.69, 9.17) is 10.5 Å². The van der Waals surface area contributed by atoms with Crippen molar-refractivity contribution in [3.8, 4) is 0 Å². The van der Waals surface area contributed by atoms with E-state index in [0.717, 1.165) is 5.70 Å². The van der Waals surface area contributed by atoms with Gasteiger partial charge in [0.25, 0.3) is 0 Å². The van der Waals surface area contributed by atoms with Crippen LogP contribution in [-0.2, 0) is 4.74 Å². The van der Waals surface area contributed by atoms with Gasteiger partial charge in [-0.05, 0) is 19.3 Å². The molecule has 0 bridgehead atoms. The lowest BCUT2D eigenvalue weighted by Crippen LogP contribution is -2.39. The molecule has 0 fully saturated rings. The normalized spacial score (nSPS) is 22.4. The van der Waals surface area contributed by atoms with Gasteiger partial charge in [0.05, 0.1) is 6.61 Å². The summed E-state index contributed by atoms with van der Waals surface area (Å²) < 4.78 is 4.82. The molecule has 12 heavy (non-hydrogen) atoms. The van der Waals surface area contributed by atoms with Gasteiger partial charge in [0, 0.05) is 5.70 Å². The van der Waals surface area contributed by atoms with Crippen LogP contribution in [0.1, 0.15) is 13.8 Å². The van der Waals surface area contributed by atoms with E-state index in [1.807, 2.05) is 12.3 Å². The Labute approximate surface area is 75.7 Å². The van der Waals surface area contributed by atoms with Crippen molar-refractivity contribution in [2.75, 3.05) is 6.61 Å². The fraction of sp³-hybridized carbons (Fsp3) is 0.571. The van der Waals surface area contributed by atoms with Crippen LogP contribution in [0.2, 0.25) is 0 Å². The Bertz CT molecular complexity index is 217. The fourth-order valence-electron chi connectivity index (χ4n) is 0.927. The molecule has 1 rings (SSSR count). The molecule has 5 heteroatoms. The van der Waals surface area contributed by atoms with E-state index >= 15 is 0 Å². The summed E-state index contributed by atoms with van der Waals surface area (Å²) in [4.78, 5) is 12.7. The van der Waals surface area contributed by atoms with Crippen molar-refractivity contribution >= 4 is 17.9 Å². The summed E-state index contributed by atoms with van der Waals surface area (Å²) in [6, 6.07) is 0. The molecule has 1 aliphatic heterocycles. The molecular formula is C7H12N2O2S. The zero-order chi connectivity index (χ0) is 9.14. The number of allylic oxidation sites excluding steroid dienone is 1. The zero-order valence-electron chi connectivity index (χ0n) is 7.11. The predicted molar refractivity (Wildman–Crippen MR) is 48.2 cm³/mol. The van der Waals surface area contributed by atoms with Crippen LogP contribution >= 0.6 is 11.8 Å². The van der Waals surface area contributed by atoms with Gasteiger partial charge in [-0.1, -0.05) is 11.8 Å². The molecule has 0 aromatic heterocycles. The number of carbonyl (C=O) groups excluding carboxylic acids is 1. The molecule has 0 saturated heterocycles. The lowest BCUT2D eigenvalue weighted by Gasteiger charge is -2.21. The van der Waals surface area contributed by atoms with Crippen molar-refractivity contribution in [2.24, 2.45) is 5.73 Å². The second-order valence-corrected chi connectivity index (χ2v) is 3.35. The van der Waals surface area contributed by atoms with E-state index in [1.54, 1.807) is 6.92 Å². The Hall–Kier alpha value is -0.680. The Balaban J connectivity index is 2.61. The van der Waals surface area contributed by atoms with Gasteiger partial charge in [0.2, 0.25) is 0 Å². The maximum Gasteiger partial charge on any atom is 0.416 e. The van der Waals surface area contributed by atoms with Crippen molar-refractivity contribution in [2.45, 2.75) is 19.3 Å². The van der Waals surface area contributed by atoms with E-state index in [0.29, 0.717) is 6.61 Å². The lowest BCUT2D eigenvalue weighted by atomic mass is 10.5. The summed E-state index contributed by atoms with van der Waals surface area (Å²) in [5.74, 6) is 0. The minimum absolute atomic E-state index is 0.330. The summed E-state index contributed by atoms with van der Waals surface area (Å²) in [6.07, 6.45) is -0.372. The first kappa shape index (κ1) is 9.41. The van der Waals surface area contributed by atoms with Gasteiger partial charge < -0.3 is 10.5 Å². The molecule has 1 unspecified atom stereocenters. The first-order valence-corrected chi connectivity index (χ1v) is 4.65. The number of hydrogen-bond acceptors (Lipinski definition) is 4. The molecule has 0 aromatic carbocycles. The van der Waals surface area contributed by atoms with Gasteiger partial charge in [-0.15, -0.1) is 0 Å². The van der Waals surface area contributed by atoms with Crippen LogP contribution < -0.4 is 5.73 Å². The van der Waals surface area contributed by atoms with Gasteiger partial charge >= 0.3 is 6.09 Å². The minimum Gasteiger partial charge on any atom is -0.449 e. The molecule has 1 atom stereocenters. The Morgan fingerprint density at radius 2 is 2.58 bits per heavy atom. The fourth-order valence-corrected chi connectivity index (χ4v) is 1.75. The van der Waals surface area contributed by atoms with Gasteiger partial charge in [0.1, 0.15) is 5.50 Å². The highest BCUT2D eigenvalue weighted by Gasteiger charge is 2.27. The Morgan fingerprint density at radius 3 is 3.00 bits per heavy atom. The summed E-state index contributed by atoms with van der Waals surface area (Å²) in [5.41, 5.74) is 6.15. The van der Waals surface area contributed by atoms with Crippen LogP contribution in [0.3, 0.4) is 0 Å². The molecular weight excluding hydrogens is 176 g/mol. The minimum atomic E-state index is -0.372. The average Bonchev–Trinajstić information content (AvgIpc) is 2.32. The van der Waals surface area contributed by atoms with Crippen LogP contribution in [0, 0.1) is 0 Å². The second kappa shape index (κ2) is 3.82. The zero-order valence-corrected chi connectivity index (χ0v) is 7.93. The quantitative estimate of drug-likeness (QED) is 0.673. The van der Waals surface area contributed by atoms with E-state index in [1.165, 1.54) is 16.7 Å². The maximum atomic E-state index is 11.2. The molecule has 0 aromatic rings. The van der Waals surface area contributed by atoms with Crippen molar-refractivity contribution in [1.82, 2.24) is 4.90 Å². The standard InChI is InChI=1S/C7H12N2O2S/c1-3-11-7(10)9-5(2)4-12-6(9)8/h4,6H,3,8H2,1-2H3. The second-order valence-electron chi connectivity index (χ2n) is 2.35. The van der Waals surface area contributed by atoms with Gasteiger partial charge in [-0.3, -0.25) is 4.90 Å². The summed E-state index contributed by atoms with van der Waals surface area (Å²) in [7, 11) is 0. The predicted octanol–water partition coefficient (Wildman–Crippen LogP) is 1.30. The number of rotatable bonds is 1. The molecule has 0 spiro atoms. The first-order valence-electron chi connectivity index (χ1n) is 3.70. The Kier molecular flexibility index (Phi) is 2.99. The van der Waals surface area contributed by atoms with Crippen LogP contribution in [0.15, 0.2) is 11.1 Å².